The summed E-state index contributed by atoms with van der Waals surface area (Å²) in [4.78, 5) is 20.9. The molecule has 0 aliphatic heterocycles. The molecule has 1 aliphatic carbocycles. The van der Waals surface area contributed by atoms with Crippen molar-refractivity contribution in [3.05, 3.63) is 0 Å². The molecule has 52 valence electrons. The van der Waals surface area contributed by atoms with E-state index in [-0.39, 0.29) is 24.0 Å². The number of halogens is 1. The highest BCUT2D eigenvalue weighted by Crippen LogP contribution is 2.08. The zero-order valence-electron chi connectivity index (χ0n) is 5.05. The molecule has 0 amide bonds. The predicted molar refractivity (Wildman–Crippen MR) is 35.7 cm³/mol. The average molecular weight is 149 g/mol. The molecule has 9 heavy (non-hydrogen) atoms. The van der Waals surface area contributed by atoms with E-state index < -0.39 is 0 Å². The van der Waals surface area contributed by atoms with Gasteiger partial charge in [-0.2, -0.15) is 0 Å². The number of rotatable bonds is 0. The van der Waals surface area contributed by atoms with Crippen LogP contribution in [-0.4, -0.2) is 11.6 Å². The van der Waals surface area contributed by atoms with Crippen LogP contribution in [0.5, 0.6) is 0 Å². The molecule has 0 N–H and O–H groups in total. The van der Waals surface area contributed by atoms with Crippen molar-refractivity contribution in [2.75, 3.05) is 0 Å². The Morgan fingerprint density at radius 2 is 1.00 bits per heavy atom. The molecule has 1 fully saturated rings. The van der Waals surface area contributed by atoms with Crippen LogP contribution in [0.1, 0.15) is 25.7 Å². The Labute approximate surface area is 60.0 Å². The molecule has 0 aromatic rings. The molecule has 0 atom stereocenters. The van der Waals surface area contributed by atoms with Gasteiger partial charge in [0.15, 0.2) is 0 Å². The molecule has 0 saturated heterocycles. The van der Waals surface area contributed by atoms with Crippen LogP contribution in [0.15, 0.2) is 0 Å². The Hall–Kier alpha value is -0.370. The van der Waals surface area contributed by atoms with E-state index in [9.17, 15) is 9.59 Å². The van der Waals surface area contributed by atoms with Crippen LogP contribution in [0.2, 0.25) is 0 Å². The quantitative estimate of drug-likeness (QED) is 0.516. The zero-order valence-corrected chi connectivity index (χ0v) is 5.87. The zero-order chi connectivity index (χ0) is 5.98. The van der Waals surface area contributed by atoms with Gasteiger partial charge in [0.2, 0.25) is 0 Å². The second-order valence-electron chi connectivity index (χ2n) is 2.08. The van der Waals surface area contributed by atoms with E-state index in [1.54, 1.807) is 0 Å². The van der Waals surface area contributed by atoms with Crippen LogP contribution >= 0.6 is 12.4 Å². The third-order valence-corrected chi connectivity index (χ3v) is 1.37. The molecule has 1 rings (SSSR count). The molecule has 0 bridgehead atoms. The summed E-state index contributed by atoms with van der Waals surface area (Å²) in [7, 11) is 0. The van der Waals surface area contributed by atoms with Crippen molar-refractivity contribution < 1.29 is 9.59 Å². The molecule has 0 heterocycles. The molecule has 0 spiro atoms. The van der Waals surface area contributed by atoms with Crippen molar-refractivity contribution in [3.63, 3.8) is 0 Å². The van der Waals surface area contributed by atoms with Gasteiger partial charge in [0, 0.05) is 25.7 Å². The molecule has 1 aliphatic rings. The highest BCUT2D eigenvalue weighted by molar-refractivity contribution is 5.92. The lowest BCUT2D eigenvalue weighted by Crippen LogP contribution is -2.12. The minimum absolute atomic E-state index is 0. The SMILES string of the molecule is Cl.O=C1CCC(=O)CC1. The van der Waals surface area contributed by atoms with E-state index in [1.165, 1.54) is 0 Å². The summed E-state index contributed by atoms with van der Waals surface area (Å²) in [6.45, 7) is 0. The number of carbonyl (C=O) groups is 2. The van der Waals surface area contributed by atoms with Gasteiger partial charge in [-0.25, -0.2) is 0 Å². The van der Waals surface area contributed by atoms with E-state index in [0.717, 1.165) is 0 Å². The molecule has 0 aromatic heterocycles. The van der Waals surface area contributed by atoms with Gasteiger partial charge in [0.1, 0.15) is 11.6 Å². The Kier molecular flexibility index (Phi) is 3.47. The fraction of sp³-hybridized carbons (Fsp3) is 0.667. The Balaban J connectivity index is 0.000000640. The van der Waals surface area contributed by atoms with Crippen LogP contribution in [0.25, 0.3) is 0 Å². The van der Waals surface area contributed by atoms with Crippen molar-refractivity contribution in [2.24, 2.45) is 0 Å². The smallest absolute Gasteiger partial charge is 0.133 e. The summed E-state index contributed by atoms with van der Waals surface area (Å²) in [5.74, 6) is 0.481. The van der Waals surface area contributed by atoms with Crippen molar-refractivity contribution in [3.8, 4) is 0 Å². The Morgan fingerprint density at radius 1 is 0.778 bits per heavy atom. The summed E-state index contributed by atoms with van der Waals surface area (Å²) in [5, 5.41) is 0. The van der Waals surface area contributed by atoms with Gasteiger partial charge in [0.25, 0.3) is 0 Å². The highest BCUT2D eigenvalue weighted by atomic mass is 35.5. The Bertz CT molecular complexity index is 103. The van der Waals surface area contributed by atoms with Crippen molar-refractivity contribution >= 4 is 24.0 Å². The standard InChI is InChI=1S/C6H8O2.ClH/c7-5-1-2-6(8)4-3-5;/h1-4H2;1H. The number of carbonyl (C=O) groups excluding carboxylic acids is 2. The molecule has 2 nitrogen and oxygen atoms in total. The minimum atomic E-state index is 0. The van der Waals surface area contributed by atoms with Crippen molar-refractivity contribution in [1.29, 1.82) is 0 Å². The lowest BCUT2D eigenvalue weighted by atomic mass is 9.98. The lowest BCUT2D eigenvalue weighted by Gasteiger charge is -2.04. The normalized spacial score (nSPS) is 19.1. The molecule has 0 aromatic carbocycles. The third-order valence-electron chi connectivity index (χ3n) is 1.37. The first-order valence-electron chi connectivity index (χ1n) is 2.82. The first-order chi connectivity index (χ1) is 3.79. The lowest BCUT2D eigenvalue weighted by molar-refractivity contribution is -0.128. The van der Waals surface area contributed by atoms with Gasteiger partial charge in [-0.3, -0.25) is 9.59 Å². The fourth-order valence-electron chi connectivity index (χ4n) is 0.808. The molecule has 1 saturated carbocycles. The maximum atomic E-state index is 10.5. The van der Waals surface area contributed by atoms with Crippen molar-refractivity contribution in [1.82, 2.24) is 0 Å². The van der Waals surface area contributed by atoms with E-state index in [0.29, 0.717) is 25.7 Å². The molecule has 3 heteroatoms. The number of hydrogen-bond donors (Lipinski definition) is 0. The molecule has 0 unspecified atom stereocenters. The van der Waals surface area contributed by atoms with E-state index >= 15 is 0 Å². The monoisotopic (exact) mass is 148 g/mol. The van der Waals surface area contributed by atoms with E-state index in [1.807, 2.05) is 0 Å². The maximum Gasteiger partial charge on any atom is 0.133 e. The largest absolute Gasteiger partial charge is 0.300 e. The summed E-state index contributed by atoms with van der Waals surface area (Å²) in [6.07, 6.45) is 1.94. The maximum absolute atomic E-state index is 10.5. The average Bonchev–Trinajstić information content (AvgIpc) is 1.77. The predicted octanol–water partition coefficient (Wildman–Crippen LogP) is 1.12. The fourth-order valence-corrected chi connectivity index (χ4v) is 0.808. The van der Waals surface area contributed by atoms with Gasteiger partial charge >= 0.3 is 0 Å². The van der Waals surface area contributed by atoms with Gasteiger partial charge in [-0.05, 0) is 0 Å². The summed E-state index contributed by atoms with van der Waals surface area (Å²) < 4.78 is 0. The molecule has 0 radical (unpaired) electrons. The summed E-state index contributed by atoms with van der Waals surface area (Å²) >= 11 is 0. The first kappa shape index (κ1) is 8.63. The van der Waals surface area contributed by atoms with Gasteiger partial charge in [0.05, 0.1) is 0 Å². The number of ketones is 2. The van der Waals surface area contributed by atoms with Crippen LogP contribution in [0, 0.1) is 0 Å². The number of hydrogen-bond acceptors (Lipinski definition) is 2. The van der Waals surface area contributed by atoms with Crippen molar-refractivity contribution in [2.45, 2.75) is 25.7 Å². The molecular formula is C6H9ClO2. The van der Waals surface area contributed by atoms with Crippen LogP contribution in [0.3, 0.4) is 0 Å². The van der Waals surface area contributed by atoms with Crippen LogP contribution in [-0.2, 0) is 9.59 Å². The second kappa shape index (κ2) is 3.62. The van der Waals surface area contributed by atoms with Gasteiger partial charge in [-0.15, -0.1) is 12.4 Å². The van der Waals surface area contributed by atoms with Gasteiger partial charge in [-0.1, -0.05) is 0 Å². The van der Waals surface area contributed by atoms with Gasteiger partial charge < -0.3 is 0 Å². The second-order valence-corrected chi connectivity index (χ2v) is 2.08. The van der Waals surface area contributed by atoms with Crippen LogP contribution < -0.4 is 0 Å². The molecular weight excluding hydrogens is 140 g/mol. The third kappa shape index (κ3) is 2.61. The minimum Gasteiger partial charge on any atom is -0.300 e. The topological polar surface area (TPSA) is 34.1 Å². The van der Waals surface area contributed by atoms with E-state index in [4.69, 9.17) is 0 Å². The van der Waals surface area contributed by atoms with E-state index in [2.05, 4.69) is 0 Å². The Morgan fingerprint density at radius 3 is 1.22 bits per heavy atom. The number of Topliss-reactive ketones (excluding diaryl/α,β-unsaturated/α-hetero) is 2. The summed E-state index contributed by atoms with van der Waals surface area (Å²) in [6, 6.07) is 0. The first-order valence-corrected chi connectivity index (χ1v) is 2.82. The van der Waals surface area contributed by atoms with Crippen LogP contribution in [0.4, 0.5) is 0 Å². The highest BCUT2D eigenvalue weighted by Gasteiger charge is 2.13. The summed E-state index contributed by atoms with van der Waals surface area (Å²) in [5.41, 5.74) is 0.